The third-order valence-electron chi connectivity index (χ3n) is 4.36. The molecule has 0 atom stereocenters. The molecule has 0 spiro atoms. The first-order valence-electron chi connectivity index (χ1n) is 9.44. The van der Waals surface area contributed by atoms with Crippen LogP contribution in [0.1, 0.15) is 12.5 Å². The first-order chi connectivity index (χ1) is 13.9. The summed E-state index contributed by atoms with van der Waals surface area (Å²) in [5.74, 6) is -0.773. The number of halogens is 2. The molecule has 3 rings (SSSR count). The van der Waals surface area contributed by atoms with E-state index in [9.17, 15) is 13.6 Å². The summed E-state index contributed by atoms with van der Waals surface area (Å²) < 4.78 is 33.4. The van der Waals surface area contributed by atoms with Gasteiger partial charge in [-0.15, -0.1) is 0 Å². The number of thiazole rings is 1. The molecule has 1 amide bonds. The van der Waals surface area contributed by atoms with Crippen molar-refractivity contribution in [3.63, 3.8) is 0 Å². The second-order valence-corrected chi connectivity index (χ2v) is 8.00. The Kier molecular flexibility index (Phi) is 6.76. The van der Waals surface area contributed by atoms with Crippen LogP contribution in [0.2, 0.25) is 0 Å². The van der Waals surface area contributed by atoms with Gasteiger partial charge in [0.15, 0.2) is 10.9 Å². The minimum Gasteiger partial charge on any atom is -0.494 e. The Morgan fingerprint density at radius 3 is 2.59 bits per heavy atom. The van der Waals surface area contributed by atoms with Gasteiger partial charge in [0.05, 0.1) is 44.9 Å². The van der Waals surface area contributed by atoms with Gasteiger partial charge in [0, 0.05) is 6.07 Å². The van der Waals surface area contributed by atoms with E-state index in [1.54, 1.807) is 4.90 Å². The molecule has 5 nitrogen and oxygen atoms in total. The van der Waals surface area contributed by atoms with Crippen LogP contribution in [0.4, 0.5) is 13.9 Å². The summed E-state index contributed by atoms with van der Waals surface area (Å²) >= 11 is 1.12. The third-order valence-corrected chi connectivity index (χ3v) is 5.38. The van der Waals surface area contributed by atoms with E-state index in [2.05, 4.69) is 4.98 Å². The van der Waals surface area contributed by atoms with Crippen LogP contribution < -0.4 is 14.5 Å². The van der Waals surface area contributed by atoms with Gasteiger partial charge in [0.1, 0.15) is 17.1 Å². The van der Waals surface area contributed by atoms with Crippen molar-refractivity contribution in [1.82, 2.24) is 4.98 Å². The molecule has 3 aromatic rings. The minimum absolute atomic E-state index is 0.0856. The molecule has 1 heterocycles. The third kappa shape index (κ3) is 5.27. The van der Waals surface area contributed by atoms with Crippen LogP contribution in [0.25, 0.3) is 10.2 Å². The molecule has 0 saturated heterocycles. The summed E-state index contributed by atoms with van der Waals surface area (Å²) in [5, 5.41) is 0.377. The van der Waals surface area contributed by atoms with E-state index < -0.39 is 11.6 Å². The zero-order valence-electron chi connectivity index (χ0n) is 16.7. The molecular formula is C21H24F2N3O2S+. The molecule has 154 valence electrons. The number of benzene rings is 2. The van der Waals surface area contributed by atoms with E-state index in [0.717, 1.165) is 28.7 Å². The lowest BCUT2D eigenvalue weighted by Crippen LogP contribution is -3.06. The van der Waals surface area contributed by atoms with Crippen LogP contribution in [0.15, 0.2) is 36.4 Å². The van der Waals surface area contributed by atoms with Crippen molar-refractivity contribution in [3.05, 3.63) is 53.6 Å². The van der Waals surface area contributed by atoms with Crippen molar-refractivity contribution in [1.29, 1.82) is 0 Å². The van der Waals surface area contributed by atoms with Crippen molar-refractivity contribution in [2.45, 2.75) is 13.3 Å². The minimum atomic E-state index is -0.723. The monoisotopic (exact) mass is 420 g/mol. The number of amides is 1. The molecule has 2 aromatic carbocycles. The van der Waals surface area contributed by atoms with Gasteiger partial charge in [-0.2, -0.15) is 0 Å². The molecule has 0 unspecified atom stereocenters. The molecule has 0 aliphatic heterocycles. The molecule has 0 bridgehead atoms. The van der Waals surface area contributed by atoms with Crippen molar-refractivity contribution >= 4 is 32.6 Å². The van der Waals surface area contributed by atoms with E-state index in [-0.39, 0.29) is 17.8 Å². The number of hydrogen-bond donors (Lipinski definition) is 1. The van der Waals surface area contributed by atoms with Crippen LogP contribution in [0, 0.1) is 11.6 Å². The lowest BCUT2D eigenvalue weighted by atomic mass is 10.1. The second-order valence-electron chi connectivity index (χ2n) is 6.99. The fourth-order valence-corrected chi connectivity index (χ4v) is 3.91. The average molecular weight is 421 g/mol. The maximum Gasteiger partial charge on any atom is 0.233 e. The van der Waals surface area contributed by atoms with Gasteiger partial charge in [-0.25, -0.2) is 13.8 Å². The van der Waals surface area contributed by atoms with Crippen LogP contribution >= 0.6 is 11.3 Å². The standard InChI is InChI=1S/C21H23F2N3O2S/c1-4-28-16-7-5-14(6-8-16)11-19(27)26(10-9-25(2)3)21-24-20-17(23)12-15(22)13-18(20)29-21/h5-8,12-13H,4,9-11H2,1-3H3/p+1. The highest BCUT2D eigenvalue weighted by Crippen LogP contribution is 2.31. The fourth-order valence-electron chi connectivity index (χ4n) is 2.86. The first-order valence-corrected chi connectivity index (χ1v) is 10.3. The zero-order chi connectivity index (χ0) is 21.0. The lowest BCUT2D eigenvalue weighted by Gasteiger charge is -2.20. The van der Waals surface area contributed by atoms with Gasteiger partial charge < -0.3 is 9.64 Å². The van der Waals surface area contributed by atoms with Crippen LogP contribution in [0.5, 0.6) is 5.75 Å². The summed E-state index contributed by atoms with van der Waals surface area (Å²) in [6, 6.07) is 9.41. The molecule has 0 fully saturated rings. The Morgan fingerprint density at radius 2 is 1.93 bits per heavy atom. The summed E-state index contributed by atoms with van der Waals surface area (Å²) in [6.07, 6.45) is 0.182. The van der Waals surface area contributed by atoms with Gasteiger partial charge in [0.25, 0.3) is 0 Å². The number of ether oxygens (including phenoxy) is 1. The number of quaternary nitrogens is 1. The molecule has 1 aromatic heterocycles. The number of nitrogens with one attached hydrogen (secondary N) is 1. The van der Waals surface area contributed by atoms with Crippen molar-refractivity contribution < 1.29 is 23.2 Å². The summed E-state index contributed by atoms with van der Waals surface area (Å²) in [4.78, 5) is 20.1. The number of carbonyl (C=O) groups excluding carboxylic acids is 1. The lowest BCUT2D eigenvalue weighted by molar-refractivity contribution is -0.856. The number of carbonyl (C=O) groups is 1. The largest absolute Gasteiger partial charge is 0.494 e. The van der Waals surface area contributed by atoms with Crippen molar-refractivity contribution in [3.8, 4) is 5.75 Å². The quantitative estimate of drug-likeness (QED) is 0.610. The normalized spacial score (nSPS) is 11.2. The fraction of sp³-hybridized carbons (Fsp3) is 0.333. The number of rotatable bonds is 8. The number of nitrogens with zero attached hydrogens (tertiary/aromatic N) is 2. The highest BCUT2D eigenvalue weighted by Gasteiger charge is 2.22. The average Bonchev–Trinajstić information content (AvgIpc) is 3.07. The maximum absolute atomic E-state index is 14.1. The Morgan fingerprint density at radius 1 is 1.21 bits per heavy atom. The van der Waals surface area contributed by atoms with E-state index >= 15 is 0 Å². The first kappa shape index (κ1) is 21.1. The smallest absolute Gasteiger partial charge is 0.233 e. The second kappa shape index (κ2) is 9.28. The molecular weight excluding hydrogens is 396 g/mol. The summed E-state index contributed by atoms with van der Waals surface area (Å²) in [6.45, 7) is 3.62. The molecule has 1 N–H and O–H groups in total. The van der Waals surface area contributed by atoms with E-state index in [1.807, 2.05) is 45.3 Å². The van der Waals surface area contributed by atoms with Gasteiger partial charge in [-0.3, -0.25) is 9.69 Å². The van der Waals surface area contributed by atoms with Crippen LogP contribution in [0.3, 0.4) is 0 Å². The predicted octanol–water partition coefficient (Wildman–Crippen LogP) is 2.69. The zero-order valence-corrected chi connectivity index (χ0v) is 17.5. The van der Waals surface area contributed by atoms with E-state index in [1.165, 1.54) is 11.0 Å². The van der Waals surface area contributed by atoms with Crippen molar-refractivity contribution in [2.75, 3.05) is 38.7 Å². The van der Waals surface area contributed by atoms with Crippen LogP contribution in [-0.4, -0.2) is 44.7 Å². The highest BCUT2D eigenvalue weighted by atomic mass is 32.1. The van der Waals surface area contributed by atoms with Gasteiger partial charge >= 0.3 is 0 Å². The van der Waals surface area contributed by atoms with Crippen molar-refractivity contribution in [2.24, 2.45) is 0 Å². The Balaban J connectivity index is 1.86. The van der Waals surface area contributed by atoms with Gasteiger partial charge in [0.2, 0.25) is 5.91 Å². The summed E-state index contributed by atoms with van der Waals surface area (Å²) in [7, 11) is 3.98. The van der Waals surface area contributed by atoms with E-state index in [4.69, 9.17) is 4.74 Å². The molecule has 0 radical (unpaired) electrons. The maximum atomic E-state index is 14.1. The number of anilines is 1. The molecule has 8 heteroatoms. The Bertz CT molecular complexity index is 990. The number of fused-ring (bicyclic) bond motifs is 1. The highest BCUT2D eigenvalue weighted by molar-refractivity contribution is 7.22. The Labute approximate surface area is 172 Å². The molecule has 29 heavy (non-hydrogen) atoms. The molecule has 0 saturated carbocycles. The molecule has 0 aliphatic carbocycles. The summed E-state index contributed by atoms with van der Waals surface area (Å²) in [5.41, 5.74) is 0.932. The SMILES string of the molecule is CCOc1ccc(CC(=O)N(CC[NH+](C)C)c2nc3c(F)cc(F)cc3s2)cc1. The number of likely N-dealkylation sites (N-methyl/N-ethyl adjacent to an activating group) is 1. The van der Waals surface area contributed by atoms with Gasteiger partial charge in [-0.1, -0.05) is 23.5 Å². The topological polar surface area (TPSA) is 46.9 Å². The number of aromatic nitrogens is 1. The Hall–Kier alpha value is -2.58. The molecule has 0 aliphatic rings. The van der Waals surface area contributed by atoms with E-state index in [0.29, 0.717) is 29.5 Å². The van der Waals surface area contributed by atoms with Gasteiger partial charge in [-0.05, 0) is 30.7 Å². The predicted molar refractivity (Wildman–Crippen MR) is 111 cm³/mol. The van der Waals surface area contributed by atoms with Crippen LogP contribution in [-0.2, 0) is 11.2 Å². The number of hydrogen-bond acceptors (Lipinski definition) is 4.